The van der Waals surface area contributed by atoms with Crippen LogP contribution in [0.25, 0.3) is 11.0 Å². The molecule has 0 unspecified atom stereocenters. The summed E-state index contributed by atoms with van der Waals surface area (Å²) in [6.07, 6.45) is 6.79. The molecule has 18 heavy (non-hydrogen) atoms. The van der Waals surface area contributed by atoms with Gasteiger partial charge in [-0.05, 0) is 30.5 Å². The van der Waals surface area contributed by atoms with Crippen LogP contribution in [0.1, 0.15) is 32.1 Å². The van der Waals surface area contributed by atoms with E-state index in [1.54, 1.807) is 0 Å². The molecular formula is C14H18BrN3. The van der Waals surface area contributed by atoms with Gasteiger partial charge in [0.25, 0.3) is 0 Å². The van der Waals surface area contributed by atoms with Gasteiger partial charge in [0.15, 0.2) is 0 Å². The van der Waals surface area contributed by atoms with Crippen molar-refractivity contribution in [1.82, 2.24) is 9.55 Å². The molecule has 0 amide bonds. The Morgan fingerprint density at radius 3 is 2.89 bits per heavy atom. The van der Waals surface area contributed by atoms with Gasteiger partial charge >= 0.3 is 0 Å². The summed E-state index contributed by atoms with van der Waals surface area (Å²) >= 11 is 3.51. The number of anilines is 1. The molecule has 0 saturated heterocycles. The summed E-state index contributed by atoms with van der Waals surface area (Å²) in [5.41, 5.74) is 8.15. The molecule has 0 aliphatic heterocycles. The fraction of sp³-hybridized carbons (Fsp3) is 0.500. The van der Waals surface area contributed by atoms with Crippen LogP contribution in [0.3, 0.4) is 0 Å². The van der Waals surface area contributed by atoms with Gasteiger partial charge in [-0.3, -0.25) is 0 Å². The maximum absolute atomic E-state index is 6.02. The van der Waals surface area contributed by atoms with Gasteiger partial charge < -0.3 is 10.3 Å². The Morgan fingerprint density at radius 1 is 1.33 bits per heavy atom. The van der Waals surface area contributed by atoms with Crippen LogP contribution in [0, 0.1) is 5.92 Å². The lowest BCUT2D eigenvalue weighted by Crippen LogP contribution is -2.06. The van der Waals surface area contributed by atoms with Crippen molar-refractivity contribution in [3.8, 4) is 0 Å². The number of fused-ring (bicyclic) bond motifs is 1. The first-order chi connectivity index (χ1) is 8.74. The number of hydrogen-bond donors (Lipinski definition) is 1. The molecule has 4 heteroatoms. The van der Waals surface area contributed by atoms with Crippen molar-refractivity contribution in [2.45, 2.75) is 38.6 Å². The topological polar surface area (TPSA) is 43.8 Å². The molecule has 2 aromatic rings. The van der Waals surface area contributed by atoms with Crippen molar-refractivity contribution >= 4 is 32.9 Å². The molecule has 0 radical (unpaired) electrons. The number of aryl methyl sites for hydroxylation is 1. The van der Waals surface area contributed by atoms with E-state index in [1.165, 1.54) is 32.1 Å². The third-order valence-electron chi connectivity index (χ3n) is 3.98. The van der Waals surface area contributed by atoms with Gasteiger partial charge in [0, 0.05) is 11.0 Å². The summed E-state index contributed by atoms with van der Waals surface area (Å²) in [6.45, 7) is 0.990. The number of hydrogen-bond acceptors (Lipinski definition) is 2. The van der Waals surface area contributed by atoms with Gasteiger partial charge in [0.05, 0.1) is 11.0 Å². The summed E-state index contributed by atoms with van der Waals surface area (Å²) in [5.74, 6) is 1.52. The second-order valence-electron chi connectivity index (χ2n) is 5.19. The molecule has 0 atom stereocenters. The molecule has 1 aliphatic carbocycles. The third-order valence-corrected chi connectivity index (χ3v) is 4.47. The highest BCUT2D eigenvalue weighted by Gasteiger charge is 2.16. The lowest BCUT2D eigenvalue weighted by molar-refractivity contribution is 0.464. The average Bonchev–Trinajstić information content (AvgIpc) is 2.94. The predicted molar refractivity (Wildman–Crippen MR) is 78.4 cm³/mol. The Balaban J connectivity index is 1.85. The van der Waals surface area contributed by atoms with Crippen molar-refractivity contribution in [2.75, 3.05) is 5.73 Å². The van der Waals surface area contributed by atoms with E-state index >= 15 is 0 Å². The van der Waals surface area contributed by atoms with Crippen molar-refractivity contribution in [3.63, 3.8) is 0 Å². The van der Waals surface area contributed by atoms with E-state index in [9.17, 15) is 0 Å². The zero-order chi connectivity index (χ0) is 12.5. The highest BCUT2D eigenvalue weighted by Crippen LogP contribution is 2.29. The normalized spacial score (nSPS) is 16.7. The first-order valence-corrected chi connectivity index (χ1v) is 7.44. The van der Waals surface area contributed by atoms with Crippen molar-refractivity contribution in [2.24, 2.45) is 5.92 Å². The summed E-state index contributed by atoms with van der Waals surface area (Å²) in [4.78, 5) is 4.42. The van der Waals surface area contributed by atoms with Crippen LogP contribution in [0.2, 0.25) is 0 Å². The van der Waals surface area contributed by atoms with Crippen LogP contribution < -0.4 is 5.73 Å². The number of rotatable bonds is 3. The minimum absolute atomic E-state index is 0.640. The number of nitrogens with two attached hydrogens (primary N) is 1. The van der Waals surface area contributed by atoms with Crippen LogP contribution in [0.15, 0.2) is 22.7 Å². The molecule has 96 valence electrons. The second kappa shape index (κ2) is 4.92. The lowest BCUT2D eigenvalue weighted by Gasteiger charge is -2.11. The molecule has 1 fully saturated rings. The van der Waals surface area contributed by atoms with Crippen molar-refractivity contribution in [3.05, 3.63) is 22.7 Å². The van der Waals surface area contributed by atoms with E-state index in [1.807, 2.05) is 12.1 Å². The van der Waals surface area contributed by atoms with E-state index in [0.29, 0.717) is 5.95 Å². The quantitative estimate of drug-likeness (QED) is 0.932. The van der Waals surface area contributed by atoms with Crippen LogP contribution in [-0.4, -0.2) is 9.55 Å². The number of aromatic nitrogens is 2. The number of imidazole rings is 1. The molecule has 3 nitrogen and oxygen atoms in total. The molecule has 1 aromatic carbocycles. The Morgan fingerprint density at radius 2 is 2.11 bits per heavy atom. The van der Waals surface area contributed by atoms with Gasteiger partial charge in [-0.15, -0.1) is 0 Å². The molecule has 1 heterocycles. The average molecular weight is 308 g/mol. The van der Waals surface area contributed by atoms with Crippen LogP contribution in [0.4, 0.5) is 5.95 Å². The molecular weight excluding hydrogens is 290 g/mol. The van der Waals surface area contributed by atoms with Gasteiger partial charge in [-0.1, -0.05) is 41.6 Å². The first kappa shape index (κ1) is 12.0. The first-order valence-electron chi connectivity index (χ1n) is 6.65. The molecule has 1 saturated carbocycles. The standard InChI is InChI=1S/C14H18BrN3/c15-11-5-6-12-13(9-11)18(14(16)17-12)8-7-10-3-1-2-4-10/h5-6,9-10H,1-4,7-8H2,(H2,16,17). The number of nitrogen functional groups attached to an aromatic ring is 1. The van der Waals surface area contributed by atoms with Gasteiger partial charge in [0.1, 0.15) is 0 Å². The summed E-state index contributed by atoms with van der Waals surface area (Å²) in [7, 11) is 0. The van der Waals surface area contributed by atoms with Crippen LogP contribution in [-0.2, 0) is 6.54 Å². The smallest absolute Gasteiger partial charge is 0.201 e. The third kappa shape index (κ3) is 2.26. The van der Waals surface area contributed by atoms with Gasteiger partial charge in [0.2, 0.25) is 5.95 Å². The molecule has 0 bridgehead atoms. The minimum atomic E-state index is 0.640. The monoisotopic (exact) mass is 307 g/mol. The Bertz CT molecular complexity index is 555. The van der Waals surface area contributed by atoms with E-state index in [4.69, 9.17) is 5.73 Å². The zero-order valence-electron chi connectivity index (χ0n) is 10.4. The minimum Gasteiger partial charge on any atom is -0.369 e. The summed E-state index contributed by atoms with van der Waals surface area (Å²) in [6, 6.07) is 6.13. The van der Waals surface area contributed by atoms with Crippen molar-refractivity contribution < 1.29 is 0 Å². The van der Waals surface area contributed by atoms with E-state index in [0.717, 1.165) is 28.0 Å². The second-order valence-corrected chi connectivity index (χ2v) is 6.11. The maximum Gasteiger partial charge on any atom is 0.201 e. The van der Waals surface area contributed by atoms with Crippen LogP contribution >= 0.6 is 15.9 Å². The van der Waals surface area contributed by atoms with Gasteiger partial charge in [-0.25, -0.2) is 4.98 Å². The van der Waals surface area contributed by atoms with E-state index < -0.39 is 0 Å². The number of nitrogens with zero attached hydrogens (tertiary/aromatic N) is 2. The van der Waals surface area contributed by atoms with E-state index in [2.05, 4.69) is 31.5 Å². The maximum atomic E-state index is 6.02. The largest absolute Gasteiger partial charge is 0.369 e. The lowest BCUT2D eigenvalue weighted by atomic mass is 10.0. The molecule has 3 rings (SSSR count). The fourth-order valence-electron chi connectivity index (χ4n) is 2.96. The number of halogens is 1. The molecule has 1 aliphatic rings. The predicted octanol–water partition coefficient (Wildman–Crippen LogP) is 3.96. The Kier molecular flexibility index (Phi) is 3.29. The molecule has 0 spiro atoms. The summed E-state index contributed by atoms with van der Waals surface area (Å²) in [5, 5.41) is 0. The summed E-state index contributed by atoms with van der Waals surface area (Å²) < 4.78 is 3.23. The van der Waals surface area contributed by atoms with Crippen LogP contribution in [0.5, 0.6) is 0 Å². The number of benzene rings is 1. The molecule has 2 N–H and O–H groups in total. The zero-order valence-corrected chi connectivity index (χ0v) is 12.0. The highest BCUT2D eigenvalue weighted by atomic mass is 79.9. The molecule has 1 aromatic heterocycles. The highest BCUT2D eigenvalue weighted by molar-refractivity contribution is 9.10. The Hall–Kier alpha value is -1.03. The SMILES string of the molecule is Nc1nc2ccc(Br)cc2n1CCC1CCCC1. The Labute approximate surface area is 116 Å². The van der Waals surface area contributed by atoms with Gasteiger partial charge in [-0.2, -0.15) is 0 Å². The fourth-order valence-corrected chi connectivity index (χ4v) is 3.31. The van der Waals surface area contributed by atoms with Crippen molar-refractivity contribution in [1.29, 1.82) is 0 Å². The van der Waals surface area contributed by atoms with E-state index in [-0.39, 0.29) is 0 Å².